The van der Waals surface area contributed by atoms with Gasteiger partial charge in [-0.25, -0.2) is 9.37 Å². The first kappa shape index (κ1) is 15.1. The highest BCUT2D eigenvalue weighted by Gasteiger charge is 2.21. The average Bonchev–Trinajstić information content (AvgIpc) is 2.37. The van der Waals surface area contributed by atoms with Crippen molar-refractivity contribution < 1.29 is 9.31 Å². The molecule has 0 atom stereocenters. The molecule has 0 aliphatic rings. The Labute approximate surface area is 125 Å². The van der Waals surface area contributed by atoms with Crippen LogP contribution in [0.2, 0.25) is 5.28 Å². The van der Waals surface area contributed by atoms with Crippen molar-refractivity contribution in [2.45, 2.75) is 13.3 Å². The maximum atomic E-state index is 13.0. The summed E-state index contributed by atoms with van der Waals surface area (Å²) in [4.78, 5) is 18.1. The number of anilines is 1. The standard InChI is InChI=1S/C13H12ClFN4O2/c1-8-11(19(20)21)12(18-13(14)17-8)16-6-5-9-3-2-4-10(15)7-9/h2-4,7H,5-6H2,1H3,(H,16,17,18). The minimum atomic E-state index is -0.559. The van der Waals surface area contributed by atoms with Crippen LogP contribution in [0.25, 0.3) is 0 Å². The number of nitrogens with zero attached hydrogens (tertiary/aromatic N) is 3. The number of benzene rings is 1. The van der Waals surface area contributed by atoms with Gasteiger partial charge in [-0.3, -0.25) is 10.1 Å². The van der Waals surface area contributed by atoms with Gasteiger partial charge in [-0.15, -0.1) is 0 Å². The Morgan fingerprint density at radius 1 is 1.43 bits per heavy atom. The van der Waals surface area contributed by atoms with Gasteiger partial charge in [0.25, 0.3) is 0 Å². The van der Waals surface area contributed by atoms with Crippen LogP contribution >= 0.6 is 11.6 Å². The lowest BCUT2D eigenvalue weighted by Gasteiger charge is -2.08. The van der Waals surface area contributed by atoms with Gasteiger partial charge in [0.05, 0.1) is 4.92 Å². The molecule has 0 radical (unpaired) electrons. The smallest absolute Gasteiger partial charge is 0.332 e. The average molecular weight is 311 g/mol. The zero-order chi connectivity index (χ0) is 15.4. The molecule has 1 aromatic heterocycles. The molecule has 1 aromatic carbocycles. The van der Waals surface area contributed by atoms with Crippen LogP contribution in [0.3, 0.4) is 0 Å². The van der Waals surface area contributed by atoms with Crippen LogP contribution in [0.1, 0.15) is 11.3 Å². The van der Waals surface area contributed by atoms with Crippen LogP contribution in [-0.2, 0) is 6.42 Å². The first-order valence-corrected chi connectivity index (χ1v) is 6.52. The van der Waals surface area contributed by atoms with E-state index in [0.717, 1.165) is 5.56 Å². The largest absolute Gasteiger partial charge is 0.364 e. The van der Waals surface area contributed by atoms with E-state index in [0.29, 0.717) is 13.0 Å². The fraction of sp³-hybridized carbons (Fsp3) is 0.231. The van der Waals surface area contributed by atoms with Gasteiger partial charge in [0, 0.05) is 6.54 Å². The van der Waals surface area contributed by atoms with Gasteiger partial charge in [-0.1, -0.05) is 12.1 Å². The molecule has 0 aliphatic heterocycles. The molecule has 0 unspecified atom stereocenters. The molecule has 2 aromatic rings. The van der Waals surface area contributed by atoms with Crippen molar-refractivity contribution in [3.8, 4) is 0 Å². The number of rotatable bonds is 5. The molecule has 0 bridgehead atoms. The normalized spacial score (nSPS) is 10.4. The Morgan fingerprint density at radius 3 is 2.86 bits per heavy atom. The fourth-order valence-electron chi connectivity index (χ4n) is 1.89. The molecular weight excluding hydrogens is 299 g/mol. The number of halogens is 2. The Balaban J connectivity index is 2.11. The van der Waals surface area contributed by atoms with Gasteiger partial charge in [-0.2, -0.15) is 4.98 Å². The molecule has 6 nitrogen and oxygen atoms in total. The summed E-state index contributed by atoms with van der Waals surface area (Å²) >= 11 is 5.71. The molecule has 0 saturated heterocycles. The zero-order valence-corrected chi connectivity index (χ0v) is 11.9. The fourth-order valence-corrected chi connectivity index (χ4v) is 2.10. The SMILES string of the molecule is Cc1nc(Cl)nc(NCCc2cccc(F)c2)c1[N+](=O)[O-]. The summed E-state index contributed by atoms with van der Waals surface area (Å²) in [6.45, 7) is 1.85. The number of nitrogens with one attached hydrogen (secondary N) is 1. The predicted molar refractivity (Wildman–Crippen MR) is 77.0 cm³/mol. The lowest BCUT2D eigenvalue weighted by molar-refractivity contribution is -0.385. The summed E-state index contributed by atoms with van der Waals surface area (Å²) in [5.74, 6) is -0.256. The third kappa shape index (κ3) is 3.85. The number of aromatic nitrogens is 2. The topological polar surface area (TPSA) is 81.0 Å². The van der Waals surface area contributed by atoms with Crippen LogP contribution in [0.15, 0.2) is 24.3 Å². The second kappa shape index (κ2) is 6.45. The molecule has 0 aliphatic carbocycles. The van der Waals surface area contributed by atoms with Crippen LogP contribution in [0, 0.1) is 22.9 Å². The Hall–Kier alpha value is -2.28. The second-order valence-corrected chi connectivity index (χ2v) is 4.68. The third-order valence-electron chi connectivity index (χ3n) is 2.81. The van der Waals surface area contributed by atoms with E-state index in [1.54, 1.807) is 12.1 Å². The van der Waals surface area contributed by atoms with E-state index in [1.165, 1.54) is 19.1 Å². The van der Waals surface area contributed by atoms with Gasteiger partial charge in [-0.05, 0) is 42.6 Å². The molecular formula is C13H12ClFN4O2. The van der Waals surface area contributed by atoms with Crippen LogP contribution < -0.4 is 5.32 Å². The molecule has 8 heteroatoms. The molecule has 1 heterocycles. The maximum Gasteiger partial charge on any atom is 0.332 e. The first-order chi connectivity index (χ1) is 9.97. The highest BCUT2D eigenvalue weighted by Crippen LogP contribution is 2.26. The summed E-state index contributed by atoms with van der Waals surface area (Å²) in [6, 6.07) is 6.15. The lowest BCUT2D eigenvalue weighted by Crippen LogP contribution is -2.10. The summed E-state index contributed by atoms with van der Waals surface area (Å²) in [7, 11) is 0. The van der Waals surface area contributed by atoms with E-state index in [4.69, 9.17) is 11.6 Å². The first-order valence-electron chi connectivity index (χ1n) is 6.14. The van der Waals surface area contributed by atoms with Crippen LogP contribution in [0.4, 0.5) is 15.9 Å². The number of hydrogen-bond donors (Lipinski definition) is 1. The van der Waals surface area contributed by atoms with Gasteiger partial charge in [0.15, 0.2) is 0 Å². The van der Waals surface area contributed by atoms with Gasteiger partial charge in [0.2, 0.25) is 11.1 Å². The molecule has 110 valence electrons. The summed E-state index contributed by atoms with van der Waals surface area (Å²) in [6.07, 6.45) is 0.496. The van der Waals surface area contributed by atoms with Crippen molar-refractivity contribution in [2.75, 3.05) is 11.9 Å². The minimum absolute atomic E-state index is 0.0636. The third-order valence-corrected chi connectivity index (χ3v) is 2.98. The van der Waals surface area contributed by atoms with Crippen LogP contribution in [0.5, 0.6) is 0 Å². The predicted octanol–water partition coefficient (Wildman–Crippen LogP) is 3.14. The van der Waals surface area contributed by atoms with E-state index in [2.05, 4.69) is 15.3 Å². The van der Waals surface area contributed by atoms with E-state index in [1.807, 2.05) is 0 Å². The molecule has 0 spiro atoms. The van der Waals surface area contributed by atoms with E-state index in [9.17, 15) is 14.5 Å². The van der Waals surface area contributed by atoms with Crippen molar-refractivity contribution in [1.82, 2.24) is 9.97 Å². The minimum Gasteiger partial charge on any atom is -0.364 e. The maximum absolute atomic E-state index is 13.0. The zero-order valence-electron chi connectivity index (χ0n) is 11.1. The van der Waals surface area contributed by atoms with Crippen LogP contribution in [-0.4, -0.2) is 21.4 Å². The van der Waals surface area contributed by atoms with Crippen molar-refractivity contribution in [1.29, 1.82) is 0 Å². The molecule has 0 saturated carbocycles. The van der Waals surface area contributed by atoms with Gasteiger partial charge >= 0.3 is 5.69 Å². The number of hydrogen-bond acceptors (Lipinski definition) is 5. The summed E-state index contributed by atoms with van der Waals surface area (Å²) < 4.78 is 13.0. The van der Waals surface area contributed by atoms with E-state index in [-0.39, 0.29) is 28.3 Å². The highest BCUT2D eigenvalue weighted by atomic mass is 35.5. The molecule has 2 rings (SSSR count). The highest BCUT2D eigenvalue weighted by molar-refractivity contribution is 6.28. The Morgan fingerprint density at radius 2 is 2.19 bits per heavy atom. The van der Waals surface area contributed by atoms with Crippen molar-refractivity contribution in [3.05, 3.63) is 56.7 Å². The van der Waals surface area contributed by atoms with Crippen molar-refractivity contribution >= 4 is 23.1 Å². The molecule has 0 fully saturated rings. The quantitative estimate of drug-likeness (QED) is 0.521. The Kier molecular flexibility index (Phi) is 4.64. The number of nitro groups is 1. The molecule has 1 N–H and O–H groups in total. The molecule has 0 amide bonds. The van der Waals surface area contributed by atoms with Gasteiger partial charge < -0.3 is 5.32 Å². The van der Waals surface area contributed by atoms with E-state index >= 15 is 0 Å². The van der Waals surface area contributed by atoms with E-state index < -0.39 is 4.92 Å². The number of aryl methyl sites for hydroxylation is 1. The summed E-state index contributed by atoms with van der Waals surface area (Å²) in [5.41, 5.74) is 0.758. The van der Waals surface area contributed by atoms with Crippen molar-refractivity contribution in [3.63, 3.8) is 0 Å². The summed E-state index contributed by atoms with van der Waals surface area (Å²) in [5, 5.41) is 13.8. The Bertz CT molecular complexity index is 681. The lowest BCUT2D eigenvalue weighted by atomic mass is 10.1. The molecule has 21 heavy (non-hydrogen) atoms. The monoisotopic (exact) mass is 310 g/mol. The van der Waals surface area contributed by atoms with Crippen molar-refractivity contribution in [2.24, 2.45) is 0 Å². The second-order valence-electron chi connectivity index (χ2n) is 4.34. The van der Waals surface area contributed by atoms with Gasteiger partial charge in [0.1, 0.15) is 11.5 Å².